The number of urea groups is 1. The number of pyridine rings is 1. The van der Waals surface area contributed by atoms with Crippen LogP contribution in [-0.4, -0.2) is 30.6 Å². The summed E-state index contributed by atoms with van der Waals surface area (Å²) in [7, 11) is 1.57. The first-order valence-corrected chi connectivity index (χ1v) is 6.99. The van der Waals surface area contributed by atoms with Crippen LogP contribution in [0.2, 0.25) is 0 Å². The molecule has 0 atom stereocenters. The number of imide groups is 1. The predicted molar refractivity (Wildman–Crippen MR) is 82.9 cm³/mol. The number of methoxy groups -OCH3 is 1. The van der Waals surface area contributed by atoms with Gasteiger partial charge in [0.2, 0.25) is 5.88 Å². The lowest BCUT2D eigenvalue weighted by Gasteiger charge is -2.13. The summed E-state index contributed by atoms with van der Waals surface area (Å²) < 4.78 is 10.9. The lowest BCUT2D eigenvalue weighted by atomic mass is 10.2. The zero-order valence-electron chi connectivity index (χ0n) is 12.7. The first-order chi connectivity index (χ1) is 11.1. The van der Waals surface area contributed by atoms with Gasteiger partial charge in [-0.05, 0) is 24.6 Å². The number of aryl methyl sites for hydroxylation is 1. The monoisotopic (exact) mass is 313 g/mol. The van der Waals surface area contributed by atoms with Crippen LogP contribution in [-0.2, 0) is 4.79 Å². The number of anilines is 1. The quantitative estimate of drug-likeness (QED) is 0.876. The molecule has 7 heteroatoms. The van der Waals surface area contributed by atoms with Crippen molar-refractivity contribution in [3.8, 4) is 17.4 Å². The van der Waals surface area contributed by atoms with Crippen molar-refractivity contribution in [2.75, 3.05) is 18.6 Å². The van der Waals surface area contributed by atoms with Gasteiger partial charge in [0.15, 0.2) is 0 Å². The van der Waals surface area contributed by atoms with Gasteiger partial charge >= 0.3 is 6.03 Å². The maximum Gasteiger partial charge on any atom is 0.330 e. The van der Waals surface area contributed by atoms with Crippen LogP contribution in [0.15, 0.2) is 36.4 Å². The van der Waals surface area contributed by atoms with Gasteiger partial charge in [0.05, 0.1) is 13.7 Å². The third-order valence-corrected chi connectivity index (χ3v) is 3.39. The molecule has 7 nitrogen and oxygen atoms in total. The third kappa shape index (κ3) is 2.94. The Balaban J connectivity index is 1.89. The molecule has 1 aromatic heterocycles. The molecule has 1 aromatic carbocycles. The predicted octanol–water partition coefficient (Wildman–Crippen LogP) is 2.25. The minimum atomic E-state index is -0.489. The molecule has 1 aliphatic heterocycles. The van der Waals surface area contributed by atoms with E-state index in [1.54, 1.807) is 31.4 Å². The number of nitrogens with zero attached hydrogens (tertiary/aromatic N) is 2. The van der Waals surface area contributed by atoms with Crippen LogP contribution in [0.5, 0.6) is 17.4 Å². The Bertz CT molecular complexity index is 760. The number of carbonyl (C=O) groups excluding carboxylic acids is 2. The number of benzene rings is 1. The second-order valence-electron chi connectivity index (χ2n) is 4.96. The average Bonchev–Trinajstić information content (AvgIpc) is 2.88. The first-order valence-electron chi connectivity index (χ1n) is 6.99. The van der Waals surface area contributed by atoms with Crippen LogP contribution in [0.4, 0.5) is 10.6 Å². The minimum Gasteiger partial charge on any atom is -0.497 e. The van der Waals surface area contributed by atoms with Gasteiger partial charge in [-0.15, -0.1) is 0 Å². The van der Waals surface area contributed by atoms with Gasteiger partial charge in [-0.3, -0.25) is 4.79 Å². The summed E-state index contributed by atoms with van der Waals surface area (Å²) in [6.45, 7) is 1.87. The molecular formula is C16H15N3O4. The van der Waals surface area contributed by atoms with Crippen LogP contribution < -0.4 is 19.7 Å². The van der Waals surface area contributed by atoms with Gasteiger partial charge in [0.1, 0.15) is 17.3 Å². The highest BCUT2D eigenvalue weighted by Gasteiger charge is 2.31. The van der Waals surface area contributed by atoms with E-state index in [0.717, 1.165) is 10.5 Å². The van der Waals surface area contributed by atoms with E-state index in [-0.39, 0.29) is 24.1 Å². The zero-order valence-corrected chi connectivity index (χ0v) is 12.7. The van der Waals surface area contributed by atoms with E-state index < -0.39 is 6.03 Å². The van der Waals surface area contributed by atoms with Gasteiger partial charge in [0, 0.05) is 12.1 Å². The highest BCUT2D eigenvalue weighted by atomic mass is 16.5. The Kier molecular flexibility index (Phi) is 3.84. The van der Waals surface area contributed by atoms with Gasteiger partial charge in [0.25, 0.3) is 5.91 Å². The molecule has 0 saturated carbocycles. The summed E-state index contributed by atoms with van der Waals surface area (Å²) in [6.07, 6.45) is 0. The molecule has 0 radical (unpaired) electrons. The number of amides is 3. The van der Waals surface area contributed by atoms with Gasteiger partial charge in [-0.2, -0.15) is 4.98 Å². The summed E-state index contributed by atoms with van der Waals surface area (Å²) in [6, 6.07) is 9.87. The van der Waals surface area contributed by atoms with Crippen molar-refractivity contribution >= 4 is 17.8 Å². The molecule has 118 valence electrons. The van der Waals surface area contributed by atoms with Crippen molar-refractivity contribution < 1.29 is 19.1 Å². The molecular weight excluding hydrogens is 298 g/mol. The van der Waals surface area contributed by atoms with Crippen molar-refractivity contribution in [3.05, 3.63) is 42.0 Å². The topological polar surface area (TPSA) is 80.8 Å². The molecule has 0 spiro atoms. The number of nitrogens with one attached hydrogen (secondary N) is 1. The molecule has 3 amide bonds. The number of rotatable bonds is 4. The number of aromatic nitrogens is 1. The largest absolute Gasteiger partial charge is 0.497 e. The number of carbonyl (C=O) groups is 2. The van der Waals surface area contributed by atoms with Crippen molar-refractivity contribution in [1.82, 2.24) is 10.3 Å². The molecule has 1 aliphatic rings. The summed E-state index contributed by atoms with van der Waals surface area (Å²) in [5, 5.41) is 2.45. The maximum absolute atomic E-state index is 11.7. The highest BCUT2D eigenvalue weighted by Crippen LogP contribution is 2.29. The van der Waals surface area contributed by atoms with Crippen LogP contribution >= 0.6 is 0 Å². The van der Waals surface area contributed by atoms with E-state index in [9.17, 15) is 9.59 Å². The van der Waals surface area contributed by atoms with E-state index in [1.165, 1.54) is 0 Å². The molecule has 1 N–H and O–H groups in total. The van der Waals surface area contributed by atoms with Crippen LogP contribution in [0.3, 0.4) is 0 Å². The number of hydrogen-bond donors (Lipinski definition) is 1. The van der Waals surface area contributed by atoms with Crippen molar-refractivity contribution in [2.45, 2.75) is 6.92 Å². The molecule has 0 bridgehead atoms. The van der Waals surface area contributed by atoms with Gasteiger partial charge < -0.3 is 14.8 Å². The van der Waals surface area contributed by atoms with Gasteiger partial charge in [-0.1, -0.05) is 12.1 Å². The number of ether oxygens (including phenoxy) is 2. The zero-order chi connectivity index (χ0) is 16.4. The molecule has 2 aromatic rings. The Hall–Kier alpha value is -3.09. The average molecular weight is 313 g/mol. The van der Waals surface area contributed by atoms with E-state index in [2.05, 4.69) is 10.3 Å². The second-order valence-corrected chi connectivity index (χ2v) is 4.96. The van der Waals surface area contributed by atoms with E-state index in [1.807, 2.05) is 19.1 Å². The van der Waals surface area contributed by atoms with Crippen LogP contribution in [0.1, 0.15) is 5.56 Å². The first kappa shape index (κ1) is 14.8. The molecule has 23 heavy (non-hydrogen) atoms. The summed E-state index contributed by atoms with van der Waals surface area (Å²) in [5.74, 6) is 1.41. The summed E-state index contributed by atoms with van der Waals surface area (Å²) in [4.78, 5) is 28.6. The lowest BCUT2D eigenvalue weighted by molar-refractivity contribution is -0.115. The standard InChI is InChI=1S/C16H15N3O4/c1-10-6-7-11(22-2)8-12(10)23-14-5-3-4-13(18-14)19-15(20)9-17-16(19)21/h3-8H,9H2,1-2H3,(H,17,21). The van der Waals surface area contributed by atoms with E-state index in [0.29, 0.717) is 11.5 Å². The Morgan fingerprint density at radius 3 is 2.74 bits per heavy atom. The van der Waals surface area contributed by atoms with Crippen molar-refractivity contribution in [1.29, 1.82) is 0 Å². The fourth-order valence-electron chi connectivity index (χ4n) is 2.17. The number of hydrogen-bond acceptors (Lipinski definition) is 5. The second kappa shape index (κ2) is 5.96. The molecule has 1 fully saturated rings. The molecule has 1 saturated heterocycles. The van der Waals surface area contributed by atoms with Gasteiger partial charge in [-0.25, -0.2) is 9.69 Å². The molecule has 0 aliphatic carbocycles. The lowest BCUT2D eigenvalue weighted by Crippen LogP contribution is -2.31. The molecule has 3 rings (SSSR count). The summed E-state index contributed by atoms with van der Waals surface area (Å²) >= 11 is 0. The highest BCUT2D eigenvalue weighted by molar-refractivity contribution is 6.19. The maximum atomic E-state index is 11.7. The summed E-state index contributed by atoms with van der Waals surface area (Å²) in [5.41, 5.74) is 0.910. The van der Waals surface area contributed by atoms with E-state index >= 15 is 0 Å². The van der Waals surface area contributed by atoms with E-state index in [4.69, 9.17) is 9.47 Å². The smallest absolute Gasteiger partial charge is 0.330 e. The van der Waals surface area contributed by atoms with Crippen molar-refractivity contribution in [3.63, 3.8) is 0 Å². The third-order valence-electron chi connectivity index (χ3n) is 3.39. The SMILES string of the molecule is COc1ccc(C)c(Oc2cccc(N3C(=O)CNC3=O)n2)c1. The fraction of sp³-hybridized carbons (Fsp3) is 0.188. The van der Waals surface area contributed by atoms with Crippen LogP contribution in [0.25, 0.3) is 0 Å². The normalized spacial score (nSPS) is 13.9. The van der Waals surface area contributed by atoms with Crippen LogP contribution in [0, 0.1) is 6.92 Å². The molecule has 2 heterocycles. The van der Waals surface area contributed by atoms with Crippen molar-refractivity contribution in [2.24, 2.45) is 0 Å². The molecule has 0 unspecified atom stereocenters. The fourth-order valence-corrected chi connectivity index (χ4v) is 2.17. The Morgan fingerprint density at radius 2 is 2.04 bits per heavy atom. The Labute approximate surface area is 132 Å². The Morgan fingerprint density at radius 1 is 1.22 bits per heavy atom. The minimum absolute atomic E-state index is 0.0272.